The van der Waals surface area contributed by atoms with E-state index in [4.69, 9.17) is 9.47 Å². The summed E-state index contributed by atoms with van der Waals surface area (Å²) in [7, 11) is 0. The van der Waals surface area contributed by atoms with Gasteiger partial charge in [-0.15, -0.1) is 0 Å². The normalized spacial score (nSPS) is 17.0. The molecule has 1 atom stereocenters. The maximum atomic E-state index is 6.21. The van der Waals surface area contributed by atoms with Gasteiger partial charge in [0, 0.05) is 12.6 Å². The van der Waals surface area contributed by atoms with E-state index in [0.29, 0.717) is 19.3 Å². The minimum atomic E-state index is 0.447. The van der Waals surface area contributed by atoms with Crippen LogP contribution in [0.15, 0.2) is 109 Å². The molecule has 0 saturated carbocycles. The quantitative estimate of drug-likeness (QED) is 0.279. The Kier molecular flexibility index (Phi) is 6.56. The molecule has 1 fully saturated rings. The van der Waals surface area contributed by atoms with Crippen LogP contribution in [0.5, 0.6) is 11.5 Å². The average Bonchev–Trinajstić information content (AvgIpc) is 3.36. The number of benzene rings is 4. The Bertz CT molecular complexity index is 1330. The van der Waals surface area contributed by atoms with E-state index in [2.05, 4.69) is 89.8 Å². The van der Waals surface area contributed by atoms with Crippen molar-refractivity contribution < 1.29 is 9.47 Å². The number of hydrogen-bond donors (Lipinski definition) is 0. The summed E-state index contributed by atoms with van der Waals surface area (Å²) in [5.41, 5.74) is 7.57. The molecule has 0 radical (unpaired) electrons. The lowest BCUT2D eigenvalue weighted by Crippen LogP contribution is -2.22. The van der Waals surface area contributed by atoms with E-state index < -0.39 is 0 Å². The Morgan fingerprint density at radius 1 is 0.694 bits per heavy atom. The van der Waals surface area contributed by atoms with Gasteiger partial charge in [0.05, 0.1) is 0 Å². The topological polar surface area (TPSA) is 21.7 Å². The first-order chi connectivity index (χ1) is 17.8. The zero-order valence-corrected chi connectivity index (χ0v) is 20.5. The first-order valence-electron chi connectivity index (χ1n) is 12.9. The fourth-order valence-electron chi connectivity index (χ4n) is 5.35. The molecule has 0 bridgehead atoms. The van der Waals surface area contributed by atoms with Crippen LogP contribution in [-0.2, 0) is 13.2 Å². The summed E-state index contributed by atoms with van der Waals surface area (Å²) in [5.74, 6) is 1.83. The molecule has 2 aliphatic heterocycles. The number of rotatable bonds is 7. The Morgan fingerprint density at radius 3 is 2.03 bits per heavy atom. The average molecular weight is 474 g/mol. The number of ether oxygens (including phenoxy) is 2. The second-order valence-corrected chi connectivity index (χ2v) is 9.59. The lowest BCUT2D eigenvalue weighted by atomic mass is 9.90. The highest BCUT2D eigenvalue weighted by atomic mass is 16.5. The highest BCUT2D eigenvalue weighted by Crippen LogP contribution is 2.42. The van der Waals surface area contributed by atoms with Crippen molar-refractivity contribution in [2.75, 3.05) is 13.1 Å². The second kappa shape index (κ2) is 10.4. The fourth-order valence-corrected chi connectivity index (χ4v) is 5.35. The Hall–Kier alpha value is -3.82. The van der Waals surface area contributed by atoms with Crippen molar-refractivity contribution in [2.45, 2.75) is 32.1 Å². The standard InChI is InChI=1S/C33H31NO2/c1-3-8-25(9-4-1)23-35-28-15-13-27(14-16-28)30-19-21-34-20-7-12-33(34)32-22-29(17-18-31(30)32)36-24-26-10-5-2-6-11-26/h1-6,8-11,13-19,22,33H,7,12,20-21,23-24H2. The molecule has 3 nitrogen and oxygen atoms in total. The molecule has 4 aromatic rings. The monoisotopic (exact) mass is 473 g/mol. The Labute approximate surface area is 213 Å². The first kappa shape index (κ1) is 22.6. The van der Waals surface area contributed by atoms with E-state index in [9.17, 15) is 0 Å². The van der Waals surface area contributed by atoms with Gasteiger partial charge in [0.1, 0.15) is 24.7 Å². The van der Waals surface area contributed by atoms with E-state index in [1.807, 2.05) is 24.3 Å². The van der Waals surface area contributed by atoms with Crippen LogP contribution in [0.4, 0.5) is 0 Å². The number of nitrogens with zero attached hydrogens (tertiary/aromatic N) is 1. The third-order valence-corrected chi connectivity index (χ3v) is 7.23. The van der Waals surface area contributed by atoms with Crippen molar-refractivity contribution >= 4 is 5.57 Å². The van der Waals surface area contributed by atoms with E-state index in [-0.39, 0.29) is 0 Å². The third-order valence-electron chi connectivity index (χ3n) is 7.23. The molecule has 3 heteroatoms. The SMILES string of the molecule is C1=C(c2ccc(OCc3ccccc3)cc2)c2ccc(OCc3ccccc3)cc2C2CCCN2C1. The third kappa shape index (κ3) is 4.93. The van der Waals surface area contributed by atoms with E-state index in [1.54, 1.807) is 0 Å². The molecular weight excluding hydrogens is 442 g/mol. The highest BCUT2D eigenvalue weighted by Gasteiger charge is 2.30. The van der Waals surface area contributed by atoms with Gasteiger partial charge in [-0.3, -0.25) is 4.90 Å². The van der Waals surface area contributed by atoms with Gasteiger partial charge in [0.2, 0.25) is 0 Å². The molecular formula is C33H31NO2. The molecule has 0 N–H and O–H groups in total. The smallest absolute Gasteiger partial charge is 0.120 e. The lowest BCUT2D eigenvalue weighted by molar-refractivity contribution is 0.283. The van der Waals surface area contributed by atoms with Gasteiger partial charge in [-0.25, -0.2) is 0 Å². The minimum Gasteiger partial charge on any atom is -0.489 e. The van der Waals surface area contributed by atoms with Crippen LogP contribution in [-0.4, -0.2) is 18.0 Å². The summed E-state index contributed by atoms with van der Waals surface area (Å²) < 4.78 is 12.2. The second-order valence-electron chi connectivity index (χ2n) is 9.59. The molecule has 6 rings (SSSR count). The molecule has 0 spiro atoms. The maximum Gasteiger partial charge on any atom is 0.120 e. The van der Waals surface area contributed by atoms with Gasteiger partial charge < -0.3 is 9.47 Å². The zero-order chi connectivity index (χ0) is 24.2. The predicted octanol–water partition coefficient (Wildman–Crippen LogP) is 7.43. The summed E-state index contributed by atoms with van der Waals surface area (Å²) in [6.45, 7) is 3.28. The van der Waals surface area contributed by atoms with Crippen molar-refractivity contribution in [2.24, 2.45) is 0 Å². The number of hydrogen-bond acceptors (Lipinski definition) is 3. The molecule has 0 aliphatic carbocycles. The largest absolute Gasteiger partial charge is 0.489 e. The van der Waals surface area contributed by atoms with Gasteiger partial charge in [-0.2, -0.15) is 0 Å². The molecule has 2 heterocycles. The van der Waals surface area contributed by atoms with Crippen LogP contribution in [0.2, 0.25) is 0 Å². The van der Waals surface area contributed by atoms with Crippen LogP contribution >= 0.6 is 0 Å². The first-order valence-corrected chi connectivity index (χ1v) is 12.9. The van der Waals surface area contributed by atoms with Gasteiger partial charge in [-0.1, -0.05) is 84.9 Å². The van der Waals surface area contributed by atoms with E-state index in [1.165, 1.54) is 46.2 Å². The summed E-state index contributed by atoms with van der Waals surface area (Å²) in [4.78, 5) is 2.60. The summed E-state index contributed by atoms with van der Waals surface area (Å²) in [5, 5.41) is 0. The molecule has 2 aliphatic rings. The molecule has 1 saturated heterocycles. The van der Waals surface area contributed by atoms with E-state index >= 15 is 0 Å². The van der Waals surface area contributed by atoms with Crippen molar-refractivity contribution in [1.82, 2.24) is 4.90 Å². The molecule has 0 amide bonds. The molecule has 0 aromatic heterocycles. The summed E-state index contributed by atoms with van der Waals surface area (Å²) >= 11 is 0. The van der Waals surface area contributed by atoms with Crippen molar-refractivity contribution in [1.29, 1.82) is 0 Å². The fraction of sp³-hybridized carbons (Fsp3) is 0.212. The van der Waals surface area contributed by atoms with Crippen LogP contribution in [0.25, 0.3) is 5.57 Å². The van der Waals surface area contributed by atoms with Crippen LogP contribution in [0.3, 0.4) is 0 Å². The van der Waals surface area contributed by atoms with Crippen molar-refractivity contribution in [3.05, 3.63) is 137 Å². The predicted molar refractivity (Wildman–Crippen MR) is 145 cm³/mol. The Morgan fingerprint density at radius 2 is 1.33 bits per heavy atom. The van der Waals surface area contributed by atoms with Gasteiger partial charge >= 0.3 is 0 Å². The number of fused-ring (bicyclic) bond motifs is 3. The Balaban J connectivity index is 1.24. The van der Waals surface area contributed by atoms with Gasteiger partial charge in [0.25, 0.3) is 0 Å². The highest BCUT2D eigenvalue weighted by molar-refractivity contribution is 5.83. The molecule has 4 aromatic carbocycles. The molecule has 1 unspecified atom stereocenters. The van der Waals surface area contributed by atoms with Gasteiger partial charge in [-0.05, 0) is 77.0 Å². The van der Waals surface area contributed by atoms with Crippen LogP contribution in [0, 0.1) is 0 Å². The molecule has 180 valence electrons. The van der Waals surface area contributed by atoms with Gasteiger partial charge in [0.15, 0.2) is 0 Å². The van der Waals surface area contributed by atoms with Crippen LogP contribution < -0.4 is 9.47 Å². The van der Waals surface area contributed by atoms with E-state index in [0.717, 1.165) is 24.6 Å². The summed E-state index contributed by atoms with van der Waals surface area (Å²) in [6.07, 6.45) is 4.84. The summed E-state index contributed by atoms with van der Waals surface area (Å²) in [6, 6.07) is 36.3. The minimum absolute atomic E-state index is 0.447. The van der Waals surface area contributed by atoms with Crippen molar-refractivity contribution in [3.63, 3.8) is 0 Å². The maximum absolute atomic E-state index is 6.21. The lowest BCUT2D eigenvalue weighted by Gasteiger charge is -2.23. The molecule has 36 heavy (non-hydrogen) atoms. The van der Waals surface area contributed by atoms with Crippen molar-refractivity contribution in [3.8, 4) is 11.5 Å². The van der Waals surface area contributed by atoms with Crippen LogP contribution in [0.1, 0.15) is 46.7 Å². The zero-order valence-electron chi connectivity index (χ0n) is 20.5.